The fourth-order valence-electron chi connectivity index (χ4n) is 1.51. The largest absolute Gasteiger partial charge is 0.301 e. The van der Waals surface area contributed by atoms with Crippen LogP contribution in [0.1, 0.15) is 45.4 Å². The van der Waals surface area contributed by atoms with Crippen LogP contribution in [0.15, 0.2) is 0 Å². The highest BCUT2D eigenvalue weighted by atomic mass is 15.1. The summed E-state index contributed by atoms with van der Waals surface area (Å²) in [5.41, 5.74) is 0. The van der Waals surface area contributed by atoms with Gasteiger partial charge in [-0.2, -0.15) is 10.5 Å². The molecule has 0 radical (unpaired) electrons. The number of nitrogens with zero attached hydrogens (tertiary/aromatic N) is 3. The van der Waals surface area contributed by atoms with Gasteiger partial charge in [0.25, 0.3) is 0 Å². The SMILES string of the molecule is CCCCCCN(CCC#N)CCC#N. The van der Waals surface area contributed by atoms with E-state index in [0.717, 1.165) is 19.6 Å². The lowest BCUT2D eigenvalue weighted by Gasteiger charge is -2.19. The molecular formula is C12H21N3. The zero-order valence-electron chi connectivity index (χ0n) is 9.71. The van der Waals surface area contributed by atoms with Gasteiger partial charge in [0.15, 0.2) is 0 Å². The van der Waals surface area contributed by atoms with E-state index in [9.17, 15) is 0 Å². The van der Waals surface area contributed by atoms with Crippen molar-refractivity contribution < 1.29 is 0 Å². The molecule has 0 saturated heterocycles. The van der Waals surface area contributed by atoms with E-state index >= 15 is 0 Å². The molecule has 3 nitrogen and oxygen atoms in total. The molecule has 0 atom stereocenters. The van der Waals surface area contributed by atoms with Gasteiger partial charge in [-0.25, -0.2) is 0 Å². The number of hydrogen-bond acceptors (Lipinski definition) is 3. The van der Waals surface area contributed by atoms with Crippen molar-refractivity contribution in [1.82, 2.24) is 4.90 Å². The summed E-state index contributed by atoms with van der Waals surface area (Å²) in [7, 11) is 0. The van der Waals surface area contributed by atoms with E-state index in [2.05, 4.69) is 24.0 Å². The van der Waals surface area contributed by atoms with Crippen molar-refractivity contribution in [1.29, 1.82) is 10.5 Å². The molecule has 3 heteroatoms. The predicted octanol–water partition coefficient (Wildman–Crippen LogP) is 2.70. The fourth-order valence-corrected chi connectivity index (χ4v) is 1.51. The molecule has 0 aromatic rings. The molecule has 84 valence electrons. The van der Waals surface area contributed by atoms with Gasteiger partial charge in [0.2, 0.25) is 0 Å². The van der Waals surface area contributed by atoms with Gasteiger partial charge in [0, 0.05) is 25.9 Å². The van der Waals surface area contributed by atoms with Crippen LogP contribution in [0, 0.1) is 22.7 Å². The van der Waals surface area contributed by atoms with Crippen molar-refractivity contribution >= 4 is 0 Å². The highest BCUT2D eigenvalue weighted by Crippen LogP contribution is 2.02. The zero-order chi connectivity index (χ0) is 11.4. The van der Waals surface area contributed by atoms with Gasteiger partial charge in [-0.05, 0) is 13.0 Å². The summed E-state index contributed by atoms with van der Waals surface area (Å²) < 4.78 is 0. The molecule has 15 heavy (non-hydrogen) atoms. The van der Waals surface area contributed by atoms with Crippen LogP contribution < -0.4 is 0 Å². The molecular weight excluding hydrogens is 186 g/mol. The zero-order valence-corrected chi connectivity index (χ0v) is 9.71. The van der Waals surface area contributed by atoms with Gasteiger partial charge < -0.3 is 4.90 Å². The van der Waals surface area contributed by atoms with Gasteiger partial charge in [-0.15, -0.1) is 0 Å². The van der Waals surface area contributed by atoms with E-state index in [1.165, 1.54) is 25.7 Å². The maximum atomic E-state index is 8.51. The third-order valence-electron chi connectivity index (χ3n) is 2.41. The number of hydrogen-bond donors (Lipinski definition) is 0. The molecule has 0 N–H and O–H groups in total. The van der Waals surface area contributed by atoms with E-state index in [1.54, 1.807) is 0 Å². The minimum absolute atomic E-state index is 0.569. The average molecular weight is 207 g/mol. The number of rotatable bonds is 9. The summed E-state index contributed by atoms with van der Waals surface area (Å²) in [5, 5.41) is 17.0. The molecule has 0 saturated carbocycles. The first-order valence-electron chi connectivity index (χ1n) is 5.81. The van der Waals surface area contributed by atoms with Crippen LogP contribution in [-0.2, 0) is 0 Å². The van der Waals surface area contributed by atoms with Gasteiger partial charge in [0.05, 0.1) is 12.1 Å². The first kappa shape index (κ1) is 13.9. The smallest absolute Gasteiger partial charge is 0.0635 e. The van der Waals surface area contributed by atoms with Crippen molar-refractivity contribution in [2.24, 2.45) is 0 Å². The topological polar surface area (TPSA) is 50.8 Å². The Bertz CT molecular complexity index is 194. The molecule has 0 aliphatic heterocycles. The quantitative estimate of drug-likeness (QED) is 0.546. The Balaban J connectivity index is 3.61. The second-order valence-corrected chi connectivity index (χ2v) is 3.72. The molecule has 0 aromatic carbocycles. The molecule has 0 spiro atoms. The number of nitriles is 2. The van der Waals surface area contributed by atoms with Crippen LogP contribution in [0.4, 0.5) is 0 Å². The van der Waals surface area contributed by atoms with Crippen LogP contribution in [0.25, 0.3) is 0 Å². The molecule has 0 rings (SSSR count). The Kier molecular flexibility index (Phi) is 10.2. The summed E-state index contributed by atoms with van der Waals surface area (Å²) >= 11 is 0. The second kappa shape index (κ2) is 11.0. The van der Waals surface area contributed by atoms with Crippen molar-refractivity contribution in [3.63, 3.8) is 0 Å². The molecule has 0 bridgehead atoms. The third-order valence-corrected chi connectivity index (χ3v) is 2.41. The maximum absolute atomic E-state index is 8.51. The average Bonchev–Trinajstić information content (AvgIpc) is 2.27. The molecule has 0 heterocycles. The summed E-state index contributed by atoms with van der Waals surface area (Å²) in [5.74, 6) is 0. The van der Waals surface area contributed by atoms with Crippen LogP contribution in [0.5, 0.6) is 0 Å². The van der Waals surface area contributed by atoms with E-state index in [1.807, 2.05) is 0 Å². The standard InChI is InChI=1S/C12H21N3/c1-2-3-4-5-10-15(11-6-8-13)12-7-9-14/h2-7,10-12H2,1H3. The van der Waals surface area contributed by atoms with Crippen molar-refractivity contribution in [2.45, 2.75) is 45.4 Å². The Labute approximate surface area is 93.3 Å². The van der Waals surface area contributed by atoms with Gasteiger partial charge in [-0.3, -0.25) is 0 Å². The fraction of sp³-hybridized carbons (Fsp3) is 0.833. The lowest BCUT2D eigenvalue weighted by Crippen LogP contribution is -2.26. The van der Waals surface area contributed by atoms with Crippen LogP contribution in [-0.4, -0.2) is 24.5 Å². The maximum Gasteiger partial charge on any atom is 0.0635 e. The Morgan fingerprint density at radius 3 is 1.93 bits per heavy atom. The van der Waals surface area contributed by atoms with Crippen molar-refractivity contribution in [2.75, 3.05) is 19.6 Å². The summed E-state index contributed by atoms with van der Waals surface area (Å²) in [6.07, 6.45) is 6.11. The number of unbranched alkanes of at least 4 members (excludes halogenated alkanes) is 3. The second-order valence-electron chi connectivity index (χ2n) is 3.72. The van der Waals surface area contributed by atoms with E-state index in [-0.39, 0.29) is 0 Å². The van der Waals surface area contributed by atoms with Crippen LogP contribution >= 0.6 is 0 Å². The highest BCUT2D eigenvalue weighted by molar-refractivity contribution is 4.76. The first-order valence-corrected chi connectivity index (χ1v) is 5.81. The van der Waals surface area contributed by atoms with Crippen molar-refractivity contribution in [3.8, 4) is 12.1 Å². The van der Waals surface area contributed by atoms with Gasteiger partial charge >= 0.3 is 0 Å². The molecule has 0 aliphatic carbocycles. The molecule has 0 unspecified atom stereocenters. The molecule has 0 aromatic heterocycles. The lowest BCUT2D eigenvalue weighted by atomic mass is 10.2. The van der Waals surface area contributed by atoms with Crippen LogP contribution in [0.2, 0.25) is 0 Å². The van der Waals surface area contributed by atoms with Gasteiger partial charge in [-0.1, -0.05) is 26.2 Å². The summed E-state index contributed by atoms with van der Waals surface area (Å²) in [6, 6.07) is 4.30. The molecule has 0 aliphatic rings. The van der Waals surface area contributed by atoms with Gasteiger partial charge in [0.1, 0.15) is 0 Å². The monoisotopic (exact) mass is 207 g/mol. The van der Waals surface area contributed by atoms with E-state index in [0.29, 0.717) is 12.8 Å². The van der Waals surface area contributed by atoms with E-state index < -0.39 is 0 Å². The normalized spacial score (nSPS) is 9.87. The summed E-state index contributed by atoms with van der Waals surface area (Å²) in [4.78, 5) is 2.22. The minimum atomic E-state index is 0.569. The summed E-state index contributed by atoms with van der Waals surface area (Å²) in [6.45, 7) is 4.85. The Morgan fingerprint density at radius 1 is 0.867 bits per heavy atom. The van der Waals surface area contributed by atoms with E-state index in [4.69, 9.17) is 10.5 Å². The Morgan fingerprint density at radius 2 is 1.47 bits per heavy atom. The highest BCUT2D eigenvalue weighted by Gasteiger charge is 2.03. The van der Waals surface area contributed by atoms with Crippen LogP contribution in [0.3, 0.4) is 0 Å². The predicted molar refractivity (Wildman–Crippen MR) is 61.0 cm³/mol. The lowest BCUT2D eigenvalue weighted by molar-refractivity contribution is 0.279. The Hall–Kier alpha value is -1.06. The molecule has 0 fully saturated rings. The minimum Gasteiger partial charge on any atom is -0.301 e. The first-order chi connectivity index (χ1) is 7.35. The molecule has 0 amide bonds. The van der Waals surface area contributed by atoms with Crippen molar-refractivity contribution in [3.05, 3.63) is 0 Å². The third kappa shape index (κ3) is 9.25.